The predicted octanol–water partition coefficient (Wildman–Crippen LogP) is 0.316. The monoisotopic (exact) mass is 322 g/mol. The molecular weight excluding hydrogens is 304 g/mol. The fraction of sp³-hybridized carbons (Fsp3) is 0.429. The van der Waals surface area contributed by atoms with Gasteiger partial charge in [-0.1, -0.05) is 0 Å². The summed E-state index contributed by atoms with van der Waals surface area (Å²) >= 11 is 0. The summed E-state index contributed by atoms with van der Waals surface area (Å²) in [5.41, 5.74) is -0.109. The van der Waals surface area contributed by atoms with Crippen molar-refractivity contribution < 1.29 is 19.2 Å². The molecule has 0 aromatic heterocycles. The van der Waals surface area contributed by atoms with Gasteiger partial charge in [0, 0.05) is 38.3 Å². The average molecular weight is 322 g/mol. The maximum absolute atomic E-state index is 12.1. The van der Waals surface area contributed by atoms with Crippen LogP contribution in [-0.2, 0) is 9.59 Å². The summed E-state index contributed by atoms with van der Waals surface area (Å²) in [5, 5.41) is 13.2. The SMILES string of the molecule is COc1ccc([N+](=O)[O-])cc1NC(=O)C(=O)N1CCN(C)CC1. The highest BCUT2D eigenvalue weighted by atomic mass is 16.6. The second-order valence-electron chi connectivity index (χ2n) is 5.19. The van der Waals surface area contributed by atoms with E-state index in [2.05, 4.69) is 10.2 Å². The van der Waals surface area contributed by atoms with E-state index in [1.165, 1.54) is 24.1 Å². The topological polar surface area (TPSA) is 105 Å². The van der Waals surface area contributed by atoms with E-state index in [-0.39, 0.29) is 17.1 Å². The molecule has 1 aromatic rings. The van der Waals surface area contributed by atoms with Crippen molar-refractivity contribution in [2.75, 3.05) is 45.7 Å². The summed E-state index contributed by atoms with van der Waals surface area (Å²) in [6, 6.07) is 3.79. The van der Waals surface area contributed by atoms with Crippen molar-refractivity contribution in [1.82, 2.24) is 9.80 Å². The predicted molar refractivity (Wildman–Crippen MR) is 82.4 cm³/mol. The summed E-state index contributed by atoms with van der Waals surface area (Å²) in [7, 11) is 3.31. The highest BCUT2D eigenvalue weighted by molar-refractivity contribution is 6.39. The molecule has 0 bridgehead atoms. The van der Waals surface area contributed by atoms with Crippen LogP contribution in [0.5, 0.6) is 5.75 Å². The van der Waals surface area contributed by atoms with Crippen LogP contribution in [0, 0.1) is 10.1 Å². The second kappa shape index (κ2) is 7.05. The third-order valence-corrected chi connectivity index (χ3v) is 3.63. The van der Waals surface area contributed by atoms with Gasteiger partial charge in [0.25, 0.3) is 5.69 Å². The minimum atomic E-state index is -0.839. The number of methoxy groups -OCH3 is 1. The number of rotatable bonds is 3. The Balaban J connectivity index is 2.11. The second-order valence-corrected chi connectivity index (χ2v) is 5.19. The van der Waals surface area contributed by atoms with Crippen molar-refractivity contribution in [1.29, 1.82) is 0 Å². The molecule has 2 rings (SSSR count). The first-order valence-corrected chi connectivity index (χ1v) is 7.03. The third kappa shape index (κ3) is 3.95. The number of ether oxygens (including phenoxy) is 1. The molecule has 1 aliphatic heterocycles. The minimum absolute atomic E-state index is 0.0918. The molecule has 1 fully saturated rings. The van der Waals surface area contributed by atoms with Crippen LogP contribution in [-0.4, -0.2) is 66.9 Å². The van der Waals surface area contributed by atoms with Crippen molar-refractivity contribution in [3.05, 3.63) is 28.3 Å². The largest absolute Gasteiger partial charge is 0.495 e. The van der Waals surface area contributed by atoms with Crippen LogP contribution in [0.25, 0.3) is 0 Å². The first kappa shape index (κ1) is 16.7. The van der Waals surface area contributed by atoms with Gasteiger partial charge in [-0.3, -0.25) is 19.7 Å². The number of benzene rings is 1. The van der Waals surface area contributed by atoms with Gasteiger partial charge in [-0.05, 0) is 13.1 Å². The summed E-state index contributed by atoms with van der Waals surface area (Å²) in [5.74, 6) is -1.25. The number of non-ortho nitro benzene ring substituents is 1. The zero-order valence-corrected chi connectivity index (χ0v) is 12.9. The van der Waals surface area contributed by atoms with E-state index in [0.29, 0.717) is 26.2 Å². The molecule has 1 aromatic carbocycles. The number of nitrogens with one attached hydrogen (secondary N) is 1. The Bertz CT molecular complexity index is 626. The van der Waals surface area contributed by atoms with Gasteiger partial charge in [-0.25, -0.2) is 0 Å². The van der Waals surface area contributed by atoms with Crippen LogP contribution in [0.1, 0.15) is 0 Å². The number of piperazine rings is 1. The Morgan fingerprint density at radius 2 is 1.91 bits per heavy atom. The Morgan fingerprint density at radius 3 is 2.48 bits per heavy atom. The van der Waals surface area contributed by atoms with Gasteiger partial charge in [0.15, 0.2) is 0 Å². The lowest BCUT2D eigenvalue weighted by atomic mass is 10.2. The number of hydrogen-bond donors (Lipinski definition) is 1. The maximum Gasteiger partial charge on any atom is 0.314 e. The summed E-state index contributed by atoms with van der Waals surface area (Å²) < 4.78 is 5.05. The Kier molecular flexibility index (Phi) is 5.12. The van der Waals surface area contributed by atoms with E-state index in [0.717, 1.165) is 6.07 Å². The molecule has 0 atom stereocenters. The zero-order valence-electron chi connectivity index (χ0n) is 12.9. The fourth-order valence-electron chi connectivity index (χ4n) is 2.24. The number of nitrogens with zero attached hydrogens (tertiary/aromatic N) is 3. The van der Waals surface area contributed by atoms with Gasteiger partial charge in [0.1, 0.15) is 5.75 Å². The van der Waals surface area contributed by atoms with Crippen molar-refractivity contribution in [3.8, 4) is 5.75 Å². The van der Waals surface area contributed by atoms with Crippen molar-refractivity contribution >= 4 is 23.2 Å². The van der Waals surface area contributed by atoms with Gasteiger partial charge in [0.2, 0.25) is 0 Å². The van der Waals surface area contributed by atoms with E-state index < -0.39 is 16.7 Å². The number of nitro groups is 1. The molecule has 2 amide bonds. The third-order valence-electron chi connectivity index (χ3n) is 3.63. The van der Waals surface area contributed by atoms with Crippen molar-refractivity contribution in [3.63, 3.8) is 0 Å². The summed E-state index contributed by atoms with van der Waals surface area (Å²) in [4.78, 5) is 38.0. The number of amides is 2. The molecule has 1 heterocycles. The molecule has 9 nitrogen and oxygen atoms in total. The number of carbonyl (C=O) groups is 2. The van der Waals surface area contributed by atoms with Crippen LogP contribution >= 0.6 is 0 Å². The molecule has 23 heavy (non-hydrogen) atoms. The van der Waals surface area contributed by atoms with Crippen molar-refractivity contribution in [2.24, 2.45) is 0 Å². The maximum atomic E-state index is 12.1. The van der Waals surface area contributed by atoms with Gasteiger partial charge in [0.05, 0.1) is 17.7 Å². The van der Waals surface area contributed by atoms with Gasteiger partial charge in [-0.2, -0.15) is 0 Å². The van der Waals surface area contributed by atoms with Crippen LogP contribution < -0.4 is 10.1 Å². The van der Waals surface area contributed by atoms with Crippen molar-refractivity contribution in [2.45, 2.75) is 0 Å². The normalized spacial score (nSPS) is 15.1. The number of anilines is 1. The van der Waals surface area contributed by atoms with E-state index >= 15 is 0 Å². The van der Waals surface area contributed by atoms with Gasteiger partial charge in [-0.15, -0.1) is 0 Å². The standard InChI is InChI=1S/C14H18N4O5/c1-16-5-7-17(8-6-16)14(20)13(19)15-11-9-10(18(21)22)3-4-12(11)23-2/h3-4,9H,5-8H2,1-2H3,(H,15,19). The fourth-order valence-corrected chi connectivity index (χ4v) is 2.24. The lowest BCUT2D eigenvalue weighted by Crippen LogP contribution is -2.50. The average Bonchev–Trinajstić information content (AvgIpc) is 2.54. The number of hydrogen-bond acceptors (Lipinski definition) is 6. The molecule has 9 heteroatoms. The molecule has 1 aliphatic rings. The van der Waals surface area contributed by atoms with E-state index in [9.17, 15) is 19.7 Å². The molecule has 0 saturated carbocycles. The minimum Gasteiger partial charge on any atom is -0.495 e. The quantitative estimate of drug-likeness (QED) is 0.488. The van der Waals surface area contributed by atoms with Crippen LogP contribution in [0.4, 0.5) is 11.4 Å². The van der Waals surface area contributed by atoms with Crippen LogP contribution in [0.15, 0.2) is 18.2 Å². The Hall–Kier alpha value is -2.68. The highest BCUT2D eigenvalue weighted by Gasteiger charge is 2.26. The van der Waals surface area contributed by atoms with Gasteiger partial charge < -0.3 is 19.9 Å². The number of carbonyl (C=O) groups excluding carboxylic acids is 2. The zero-order chi connectivity index (χ0) is 17.0. The van der Waals surface area contributed by atoms with E-state index in [1.807, 2.05) is 7.05 Å². The van der Waals surface area contributed by atoms with Crippen LogP contribution in [0.2, 0.25) is 0 Å². The lowest BCUT2D eigenvalue weighted by Gasteiger charge is -2.31. The smallest absolute Gasteiger partial charge is 0.314 e. The first-order chi connectivity index (χ1) is 10.9. The molecule has 1 N–H and O–H groups in total. The molecule has 0 unspecified atom stereocenters. The van der Waals surface area contributed by atoms with E-state index in [4.69, 9.17) is 4.74 Å². The lowest BCUT2D eigenvalue weighted by molar-refractivity contribution is -0.384. The highest BCUT2D eigenvalue weighted by Crippen LogP contribution is 2.28. The van der Waals surface area contributed by atoms with Crippen LogP contribution in [0.3, 0.4) is 0 Å². The van der Waals surface area contributed by atoms with E-state index in [1.54, 1.807) is 0 Å². The molecule has 1 saturated heterocycles. The Labute approximate surface area is 133 Å². The molecule has 0 spiro atoms. The van der Waals surface area contributed by atoms with Gasteiger partial charge >= 0.3 is 11.8 Å². The number of likely N-dealkylation sites (N-methyl/N-ethyl adjacent to an activating group) is 1. The first-order valence-electron chi connectivity index (χ1n) is 7.03. The summed E-state index contributed by atoms with van der Waals surface area (Å²) in [6.45, 7) is 2.32. The Morgan fingerprint density at radius 1 is 1.26 bits per heavy atom. The molecule has 0 aliphatic carbocycles. The summed E-state index contributed by atoms with van der Waals surface area (Å²) in [6.07, 6.45) is 0. The molecule has 0 radical (unpaired) electrons. The molecule has 124 valence electrons. The number of nitro benzene ring substituents is 1. The molecular formula is C14H18N4O5.